The van der Waals surface area contributed by atoms with Gasteiger partial charge in [0.2, 0.25) is 0 Å². The third kappa shape index (κ3) is 5.46. The maximum absolute atomic E-state index is 12.1. The van der Waals surface area contributed by atoms with Gasteiger partial charge in [-0.1, -0.05) is 20.3 Å². The molecule has 132 valence electrons. The Morgan fingerprint density at radius 3 is 2.65 bits per heavy atom. The molecule has 0 unspecified atom stereocenters. The minimum atomic E-state index is -0.791. The molecule has 0 aromatic heterocycles. The molecule has 0 amide bonds. The molecule has 2 rings (SSSR count). The van der Waals surface area contributed by atoms with Crippen molar-refractivity contribution in [2.24, 2.45) is 23.5 Å². The molecule has 2 aliphatic rings. The van der Waals surface area contributed by atoms with Crippen LogP contribution in [-0.2, 0) is 23.8 Å². The highest BCUT2D eigenvalue weighted by Gasteiger charge is 2.38. The van der Waals surface area contributed by atoms with E-state index in [1.165, 1.54) is 0 Å². The van der Waals surface area contributed by atoms with Gasteiger partial charge in [-0.25, -0.2) is 0 Å². The van der Waals surface area contributed by atoms with Gasteiger partial charge in [-0.3, -0.25) is 9.59 Å². The normalized spacial score (nSPS) is 32.7. The molecular formula is C17H29NO5. The molecule has 1 saturated carbocycles. The number of carbonyl (C=O) groups is 2. The lowest BCUT2D eigenvalue weighted by atomic mass is 9.89. The first-order valence-electron chi connectivity index (χ1n) is 8.62. The van der Waals surface area contributed by atoms with Crippen molar-refractivity contribution in [3.05, 3.63) is 0 Å². The van der Waals surface area contributed by atoms with Crippen molar-refractivity contribution in [2.45, 2.75) is 64.7 Å². The third-order valence-corrected chi connectivity index (χ3v) is 4.52. The molecule has 6 nitrogen and oxygen atoms in total. The Bertz CT molecular complexity index is 421. The molecule has 0 spiro atoms. The van der Waals surface area contributed by atoms with Crippen molar-refractivity contribution >= 4 is 11.9 Å². The summed E-state index contributed by atoms with van der Waals surface area (Å²) < 4.78 is 16.7. The molecule has 0 aromatic carbocycles. The second-order valence-electron chi connectivity index (χ2n) is 7.17. The monoisotopic (exact) mass is 327 g/mol. The van der Waals surface area contributed by atoms with Gasteiger partial charge in [-0.05, 0) is 32.1 Å². The molecular weight excluding hydrogens is 298 g/mol. The summed E-state index contributed by atoms with van der Waals surface area (Å²) in [7, 11) is 0. The van der Waals surface area contributed by atoms with Crippen LogP contribution in [0.5, 0.6) is 0 Å². The van der Waals surface area contributed by atoms with Crippen LogP contribution < -0.4 is 5.73 Å². The van der Waals surface area contributed by atoms with Crippen LogP contribution >= 0.6 is 0 Å². The Hall–Kier alpha value is -1.14. The largest absolute Gasteiger partial charge is 0.461 e. The molecule has 2 N–H and O–H groups in total. The number of nitrogens with two attached hydrogens (primary N) is 1. The molecule has 1 aliphatic carbocycles. The van der Waals surface area contributed by atoms with Gasteiger partial charge >= 0.3 is 11.9 Å². The van der Waals surface area contributed by atoms with E-state index < -0.39 is 18.1 Å². The highest BCUT2D eigenvalue weighted by atomic mass is 16.6. The van der Waals surface area contributed by atoms with Crippen LogP contribution in [0.4, 0.5) is 0 Å². The van der Waals surface area contributed by atoms with Crippen LogP contribution in [0.2, 0.25) is 0 Å². The summed E-state index contributed by atoms with van der Waals surface area (Å²) in [6.07, 6.45) is 2.83. The standard InChI is InChI=1S/C17H29NO5/c1-10(2)4-7-13-11(3)22-17(20)14(18)8-21-9-15(13)23-16(19)12-5-6-12/h10-15H,4-9,18H2,1-3H3/t11-,13-,14-,15-/m0/s1. The minimum absolute atomic E-state index is 0.0356. The number of carbonyl (C=O) groups excluding carboxylic acids is 2. The smallest absolute Gasteiger partial charge is 0.325 e. The average molecular weight is 327 g/mol. The molecule has 0 aromatic rings. The average Bonchev–Trinajstić information content (AvgIpc) is 3.30. The summed E-state index contributed by atoms with van der Waals surface area (Å²) in [6, 6.07) is -0.791. The summed E-state index contributed by atoms with van der Waals surface area (Å²) in [5, 5.41) is 0. The Labute approximate surface area is 138 Å². The van der Waals surface area contributed by atoms with Crippen LogP contribution in [0.3, 0.4) is 0 Å². The summed E-state index contributed by atoms with van der Waals surface area (Å²) in [5.41, 5.74) is 5.74. The Kier molecular flexibility index (Phi) is 6.41. The fourth-order valence-corrected chi connectivity index (χ4v) is 2.80. The van der Waals surface area contributed by atoms with E-state index in [0.717, 1.165) is 25.7 Å². The lowest BCUT2D eigenvalue weighted by Crippen LogP contribution is -2.40. The Balaban J connectivity index is 2.09. The second kappa shape index (κ2) is 8.11. The summed E-state index contributed by atoms with van der Waals surface area (Å²) in [6.45, 7) is 6.47. The van der Waals surface area contributed by atoms with Crippen LogP contribution in [-0.4, -0.2) is 43.4 Å². The molecule has 1 saturated heterocycles. The van der Waals surface area contributed by atoms with Crippen LogP contribution in [0.25, 0.3) is 0 Å². The first-order valence-corrected chi connectivity index (χ1v) is 8.62. The van der Waals surface area contributed by atoms with E-state index in [1.807, 2.05) is 6.92 Å². The second-order valence-corrected chi connectivity index (χ2v) is 7.17. The van der Waals surface area contributed by atoms with E-state index in [4.69, 9.17) is 19.9 Å². The number of ether oxygens (including phenoxy) is 3. The van der Waals surface area contributed by atoms with Gasteiger partial charge in [0.1, 0.15) is 18.2 Å². The molecule has 2 fully saturated rings. The lowest BCUT2D eigenvalue weighted by molar-refractivity contribution is -0.163. The van der Waals surface area contributed by atoms with E-state index >= 15 is 0 Å². The van der Waals surface area contributed by atoms with Gasteiger partial charge in [0.05, 0.1) is 19.1 Å². The number of cyclic esters (lactones) is 1. The molecule has 0 radical (unpaired) electrons. The quantitative estimate of drug-likeness (QED) is 0.773. The van der Waals surface area contributed by atoms with Gasteiger partial charge < -0.3 is 19.9 Å². The van der Waals surface area contributed by atoms with E-state index in [0.29, 0.717) is 5.92 Å². The predicted octanol–water partition coefficient (Wildman–Crippen LogP) is 1.65. The van der Waals surface area contributed by atoms with Crippen molar-refractivity contribution in [1.29, 1.82) is 0 Å². The topological polar surface area (TPSA) is 87.8 Å². The summed E-state index contributed by atoms with van der Waals surface area (Å²) in [4.78, 5) is 24.0. The number of esters is 2. The van der Waals surface area contributed by atoms with E-state index in [2.05, 4.69) is 13.8 Å². The minimum Gasteiger partial charge on any atom is -0.461 e. The zero-order chi connectivity index (χ0) is 17.0. The zero-order valence-electron chi connectivity index (χ0n) is 14.3. The summed E-state index contributed by atoms with van der Waals surface area (Å²) >= 11 is 0. The van der Waals surface area contributed by atoms with Crippen molar-refractivity contribution < 1.29 is 23.8 Å². The first kappa shape index (κ1) is 18.2. The maximum atomic E-state index is 12.1. The van der Waals surface area contributed by atoms with E-state index in [1.54, 1.807) is 0 Å². The molecule has 1 heterocycles. The predicted molar refractivity (Wildman–Crippen MR) is 84.5 cm³/mol. The van der Waals surface area contributed by atoms with Gasteiger partial charge in [0.25, 0.3) is 0 Å². The molecule has 23 heavy (non-hydrogen) atoms. The van der Waals surface area contributed by atoms with Crippen LogP contribution in [0.15, 0.2) is 0 Å². The van der Waals surface area contributed by atoms with Gasteiger partial charge in [-0.2, -0.15) is 0 Å². The fourth-order valence-electron chi connectivity index (χ4n) is 2.80. The van der Waals surface area contributed by atoms with Gasteiger partial charge in [-0.15, -0.1) is 0 Å². The van der Waals surface area contributed by atoms with Gasteiger partial charge in [0.15, 0.2) is 0 Å². The number of hydrogen-bond donors (Lipinski definition) is 1. The Morgan fingerprint density at radius 1 is 1.35 bits per heavy atom. The lowest BCUT2D eigenvalue weighted by Gasteiger charge is -2.30. The van der Waals surface area contributed by atoms with Crippen molar-refractivity contribution in [3.63, 3.8) is 0 Å². The molecule has 1 aliphatic heterocycles. The first-order chi connectivity index (χ1) is 10.9. The number of hydrogen-bond acceptors (Lipinski definition) is 6. The maximum Gasteiger partial charge on any atom is 0.325 e. The third-order valence-electron chi connectivity index (χ3n) is 4.52. The van der Waals surface area contributed by atoms with Crippen LogP contribution in [0, 0.1) is 17.8 Å². The fraction of sp³-hybridized carbons (Fsp3) is 0.882. The summed E-state index contributed by atoms with van der Waals surface area (Å²) in [5.74, 6) is -0.132. The Morgan fingerprint density at radius 2 is 2.04 bits per heavy atom. The molecule has 4 atom stereocenters. The van der Waals surface area contributed by atoms with Gasteiger partial charge in [0, 0.05) is 5.92 Å². The van der Waals surface area contributed by atoms with E-state index in [-0.39, 0.29) is 37.1 Å². The highest BCUT2D eigenvalue weighted by Crippen LogP contribution is 2.32. The molecule has 6 heteroatoms. The highest BCUT2D eigenvalue weighted by molar-refractivity contribution is 5.76. The van der Waals surface area contributed by atoms with Crippen LogP contribution in [0.1, 0.15) is 46.5 Å². The van der Waals surface area contributed by atoms with E-state index in [9.17, 15) is 9.59 Å². The zero-order valence-corrected chi connectivity index (χ0v) is 14.3. The van der Waals surface area contributed by atoms with Crippen molar-refractivity contribution in [3.8, 4) is 0 Å². The van der Waals surface area contributed by atoms with Crippen molar-refractivity contribution in [2.75, 3.05) is 13.2 Å². The molecule has 0 bridgehead atoms. The number of rotatable bonds is 5. The SMILES string of the molecule is CC(C)CC[C@H]1[C@H](C)OC(=O)[C@@H](N)COC[C@@H]1OC(=O)C1CC1. The van der Waals surface area contributed by atoms with Crippen molar-refractivity contribution in [1.82, 2.24) is 0 Å².